The number of hydrogen-bond donors (Lipinski definition) is 1. The number of rotatable bonds is 4. The quantitative estimate of drug-likeness (QED) is 0.548. The zero-order valence-electron chi connectivity index (χ0n) is 16.4. The van der Waals surface area contributed by atoms with Crippen LogP contribution in [0.1, 0.15) is 5.56 Å². The van der Waals surface area contributed by atoms with Crippen molar-refractivity contribution in [1.29, 1.82) is 5.26 Å². The maximum absolute atomic E-state index is 13.3. The number of thiazole rings is 1. The number of carbonyl (C=O) groups is 1. The van der Waals surface area contributed by atoms with Gasteiger partial charge in [-0.05, 0) is 35.9 Å². The Morgan fingerprint density at radius 2 is 1.48 bits per heavy atom. The predicted octanol–water partition coefficient (Wildman–Crippen LogP) is 3.04. The third-order valence-electron chi connectivity index (χ3n) is 4.52. The van der Waals surface area contributed by atoms with Crippen LogP contribution in [-0.2, 0) is 4.79 Å². The van der Waals surface area contributed by atoms with Gasteiger partial charge in [-0.25, -0.2) is 0 Å². The highest BCUT2D eigenvalue weighted by molar-refractivity contribution is 7.07. The van der Waals surface area contributed by atoms with Gasteiger partial charge in [0.15, 0.2) is 5.57 Å². The van der Waals surface area contributed by atoms with Crippen LogP contribution < -0.4 is 20.1 Å². The summed E-state index contributed by atoms with van der Waals surface area (Å²) in [5.41, 5.74) is 1.62. The van der Waals surface area contributed by atoms with Crippen LogP contribution in [-0.4, -0.2) is 10.5 Å². The molecule has 0 unspecified atom stereocenters. The van der Waals surface area contributed by atoms with E-state index in [1.54, 1.807) is 54.6 Å². The minimum atomic E-state index is -0.564. The largest absolute Gasteiger partial charge is 0.321 e. The molecule has 0 saturated heterocycles. The fourth-order valence-corrected chi connectivity index (χ4v) is 4.17. The van der Waals surface area contributed by atoms with Crippen LogP contribution in [0, 0.1) is 11.3 Å². The van der Waals surface area contributed by atoms with Crippen LogP contribution in [0.3, 0.4) is 0 Å². The summed E-state index contributed by atoms with van der Waals surface area (Å²) in [6, 6.07) is 29.3. The van der Waals surface area contributed by atoms with Gasteiger partial charge in [-0.15, -0.1) is 11.3 Å². The molecule has 3 aromatic carbocycles. The highest BCUT2D eigenvalue weighted by atomic mass is 32.1. The van der Waals surface area contributed by atoms with Crippen molar-refractivity contribution in [3.8, 4) is 11.8 Å². The highest BCUT2D eigenvalue weighted by Gasteiger charge is 2.17. The van der Waals surface area contributed by atoms with E-state index in [4.69, 9.17) is 0 Å². The van der Waals surface area contributed by atoms with Gasteiger partial charge in [0.05, 0.1) is 10.2 Å². The fraction of sp³-hybridized carbons (Fsp3) is 0. The first-order valence-corrected chi connectivity index (χ1v) is 10.3. The molecule has 0 bridgehead atoms. The molecule has 1 aromatic heterocycles. The van der Waals surface area contributed by atoms with E-state index in [0.29, 0.717) is 15.9 Å². The van der Waals surface area contributed by atoms with E-state index in [1.807, 2.05) is 48.5 Å². The molecule has 0 radical (unpaired) electrons. The molecule has 6 heteroatoms. The molecule has 150 valence electrons. The van der Waals surface area contributed by atoms with Gasteiger partial charge in [0, 0.05) is 5.69 Å². The van der Waals surface area contributed by atoms with Crippen LogP contribution >= 0.6 is 11.3 Å². The Labute approximate surface area is 182 Å². The summed E-state index contributed by atoms with van der Waals surface area (Å²) in [6.45, 7) is 0. The van der Waals surface area contributed by atoms with Crippen molar-refractivity contribution >= 4 is 34.6 Å². The molecule has 4 rings (SSSR count). The Hall–Kier alpha value is -4.21. The number of hydrogen-bond acceptors (Lipinski definition) is 4. The summed E-state index contributed by atoms with van der Waals surface area (Å²) in [5.74, 6) is -0.564. The number of benzene rings is 3. The van der Waals surface area contributed by atoms with E-state index in [-0.39, 0.29) is 15.8 Å². The Balaban J connectivity index is 1.96. The van der Waals surface area contributed by atoms with Crippen LogP contribution in [0.4, 0.5) is 5.69 Å². The van der Waals surface area contributed by atoms with E-state index in [0.717, 1.165) is 16.9 Å². The van der Waals surface area contributed by atoms with Crippen LogP contribution in [0.2, 0.25) is 0 Å². The van der Waals surface area contributed by atoms with Gasteiger partial charge in [0.2, 0.25) is 0 Å². The van der Waals surface area contributed by atoms with Crippen molar-refractivity contribution in [2.45, 2.75) is 0 Å². The minimum Gasteiger partial charge on any atom is -0.321 e. The molecule has 0 spiro atoms. The molecule has 1 heterocycles. The lowest BCUT2D eigenvalue weighted by Crippen LogP contribution is -2.32. The van der Waals surface area contributed by atoms with E-state index in [1.165, 1.54) is 4.57 Å². The number of nitriles is 1. The van der Waals surface area contributed by atoms with Gasteiger partial charge in [0.1, 0.15) is 10.7 Å². The summed E-state index contributed by atoms with van der Waals surface area (Å²) in [7, 11) is 0. The highest BCUT2D eigenvalue weighted by Crippen LogP contribution is 2.09. The summed E-state index contributed by atoms with van der Waals surface area (Å²) in [5, 5.41) is 12.6. The first kappa shape index (κ1) is 20.1. The first-order valence-electron chi connectivity index (χ1n) is 9.52. The molecule has 0 saturated carbocycles. The van der Waals surface area contributed by atoms with Crippen molar-refractivity contribution in [1.82, 2.24) is 4.57 Å². The summed E-state index contributed by atoms with van der Waals surface area (Å²) >= 11 is 1.12. The van der Waals surface area contributed by atoms with Gasteiger partial charge in [-0.1, -0.05) is 66.7 Å². The SMILES string of the molecule is N#C/C(C(=O)Nc1ccccc1)=c1/s/c(=C\c2ccccc2)c(=O)n1-c1ccccc1. The van der Waals surface area contributed by atoms with E-state index in [9.17, 15) is 14.9 Å². The van der Waals surface area contributed by atoms with Gasteiger partial charge in [0.25, 0.3) is 11.5 Å². The van der Waals surface area contributed by atoms with Gasteiger partial charge in [-0.3, -0.25) is 14.2 Å². The van der Waals surface area contributed by atoms with Gasteiger partial charge < -0.3 is 5.32 Å². The maximum Gasteiger partial charge on any atom is 0.273 e. The second-order valence-electron chi connectivity index (χ2n) is 6.61. The van der Waals surface area contributed by atoms with Crippen molar-refractivity contribution < 1.29 is 4.79 Å². The van der Waals surface area contributed by atoms with Crippen LogP contribution in [0.25, 0.3) is 17.3 Å². The molecule has 0 atom stereocenters. The lowest BCUT2D eigenvalue weighted by molar-refractivity contribution is -0.111. The Morgan fingerprint density at radius 1 is 0.903 bits per heavy atom. The Kier molecular flexibility index (Phi) is 5.88. The normalized spacial score (nSPS) is 12.2. The fourth-order valence-electron chi connectivity index (χ4n) is 3.07. The van der Waals surface area contributed by atoms with E-state index >= 15 is 0 Å². The molecule has 0 aliphatic heterocycles. The topological polar surface area (TPSA) is 74.9 Å². The van der Waals surface area contributed by atoms with Gasteiger partial charge in [-0.2, -0.15) is 5.26 Å². The van der Waals surface area contributed by atoms with E-state index < -0.39 is 5.91 Å². The maximum atomic E-state index is 13.3. The molecule has 31 heavy (non-hydrogen) atoms. The van der Waals surface area contributed by atoms with Crippen molar-refractivity contribution in [3.05, 3.63) is 116 Å². The van der Waals surface area contributed by atoms with E-state index in [2.05, 4.69) is 5.32 Å². The number of carbonyl (C=O) groups excluding carboxylic acids is 1. The zero-order chi connectivity index (χ0) is 21.6. The second kappa shape index (κ2) is 9.08. The number of para-hydroxylation sites is 2. The van der Waals surface area contributed by atoms with Crippen LogP contribution in [0.15, 0.2) is 95.8 Å². The first-order chi connectivity index (χ1) is 15.2. The molecule has 1 N–H and O–H groups in total. The number of amides is 1. The molecule has 0 aliphatic carbocycles. The zero-order valence-corrected chi connectivity index (χ0v) is 17.2. The molecule has 4 aromatic rings. The number of aromatic nitrogens is 1. The van der Waals surface area contributed by atoms with Crippen molar-refractivity contribution in [2.75, 3.05) is 5.32 Å². The summed E-state index contributed by atoms with van der Waals surface area (Å²) < 4.78 is 2.14. The van der Waals surface area contributed by atoms with Gasteiger partial charge >= 0.3 is 0 Å². The van der Waals surface area contributed by atoms with Crippen molar-refractivity contribution in [3.63, 3.8) is 0 Å². The molecule has 1 amide bonds. The number of anilines is 1. The molecule has 0 fully saturated rings. The molecular formula is C25H17N3O2S. The lowest BCUT2D eigenvalue weighted by atomic mass is 10.2. The summed E-state index contributed by atoms with van der Waals surface area (Å²) in [6.07, 6.45) is 1.76. The third-order valence-corrected chi connectivity index (χ3v) is 5.61. The monoisotopic (exact) mass is 423 g/mol. The number of nitrogens with zero attached hydrogens (tertiary/aromatic N) is 2. The predicted molar refractivity (Wildman–Crippen MR) is 123 cm³/mol. The lowest BCUT2D eigenvalue weighted by Gasteiger charge is -2.05. The average Bonchev–Trinajstić information content (AvgIpc) is 3.11. The van der Waals surface area contributed by atoms with Crippen molar-refractivity contribution in [2.24, 2.45) is 0 Å². The molecular weight excluding hydrogens is 406 g/mol. The summed E-state index contributed by atoms with van der Waals surface area (Å²) in [4.78, 5) is 26.2. The average molecular weight is 423 g/mol. The second-order valence-corrected chi connectivity index (χ2v) is 7.64. The van der Waals surface area contributed by atoms with Crippen LogP contribution in [0.5, 0.6) is 0 Å². The molecule has 0 aliphatic rings. The Morgan fingerprint density at radius 3 is 2.10 bits per heavy atom. The smallest absolute Gasteiger partial charge is 0.273 e. The number of nitrogens with one attached hydrogen (secondary N) is 1. The molecule has 5 nitrogen and oxygen atoms in total. The Bertz CT molecular complexity index is 1430. The third kappa shape index (κ3) is 4.37. The standard InChI is InChI=1S/C25H17N3O2S/c26-17-21(23(29)27-19-12-6-2-7-13-19)25-28(20-14-8-3-9-15-20)24(30)22(31-25)16-18-10-4-1-5-11-18/h1-16H,(H,27,29)/b22-16-,25-21-. The minimum absolute atomic E-state index is 0.123.